The Bertz CT molecular complexity index is 1020. The van der Waals surface area contributed by atoms with Crippen molar-refractivity contribution < 1.29 is 19.4 Å². The maximum atomic E-state index is 13.1. The lowest BCUT2D eigenvalue weighted by molar-refractivity contribution is -0.140. The third-order valence-corrected chi connectivity index (χ3v) is 5.86. The van der Waals surface area contributed by atoms with Crippen LogP contribution in [0.3, 0.4) is 0 Å². The van der Waals surface area contributed by atoms with Crippen molar-refractivity contribution in [1.82, 2.24) is 9.80 Å². The predicted octanol–water partition coefficient (Wildman–Crippen LogP) is 4.61. The molecule has 1 amide bonds. The van der Waals surface area contributed by atoms with Crippen LogP contribution in [-0.2, 0) is 9.59 Å². The van der Waals surface area contributed by atoms with E-state index in [1.54, 1.807) is 18.2 Å². The summed E-state index contributed by atoms with van der Waals surface area (Å²) in [4.78, 5) is 29.5. The molecule has 7 heteroatoms. The highest BCUT2D eigenvalue weighted by Crippen LogP contribution is 2.40. The van der Waals surface area contributed by atoms with E-state index >= 15 is 0 Å². The third kappa shape index (κ3) is 5.40. The molecular formula is C25H29BrN2O4. The first-order chi connectivity index (χ1) is 15.3. The predicted molar refractivity (Wildman–Crippen MR) is 129 cm³/mol. The molecule has 2 aromatic carbocycles. The minimum atomic E-state index is -0.677. The number of benzene rings is 2. The number of Topliss-reactive ketones (excluding diaryl/α,β-unsaturated/α-hetero) is 1. The van der Waals surface area contributed by atoms with E-state index in [1.807, 2.05) is 49.3 Å². The number of aliphatic hydroxyl groups is 1. The van der Waals surface area contributed by atoms with Crippen molar-refractivity contribution in [2.24, 2.45) is 0 Å². The average molecular weight is 501 g/mol. The molecule has 1 N–H and O–H groups in total. The fraction of sp³-hybridized carbons (Fsp3) is 0.360. The number of unbranched alkanes of at least 4 members (excludes halogenated alkanes) is 1. The molecule has 6 nitrogen and oxygen atoms in total. The molecule has 170 valence electrons. The quantitative estimate of drug-likeness (QED) is 0.235. The Morgan fingerprint density at radius 2 is 1.91 bits per heavy atom. The maximum absolute atomic E-state index is 13.1. The van der Waals surface area contributed by atoms with Crippen molar-refractivity contribution in [3.63, 3.8) is 0 Å². The van der Waals surface area contributed by atoms with E-state index in [9.17, 15) is 14.7 Å². The standard InChI is InChI=1S/C25H29BrN2O4/c1-4-5-14-32-20-11-7-9-18(16-20)23(29)21-22(17-8-6-10-19(26)15-17)28(13-12-27(2)3)25(31)24(21)30/h6-11,15-16,22,29H,4-5,12-14H2,1-3H3. The Labute approximate surface area is 197 Å². The zero-order valence-corrected chi connectivity index (χ0v) is 20.3. The van der Waals surface area contributed by atoms with Gasteiger partial charge in [-0.2, -0.15) is 0 Å². The Hall–Kier alpha value is -2.64. The molecule has 0 aliphatic carbocycles. The minimum absolute atomic E-state index is 0.0950. The molecule has 1 unspecified atom stereocenters. The van der Waals surface area contributed by atoms with Crippen LogP contribution in [0.1, 0.15) is 36.9 Å². The van der Waals surface area contributed by atoms with Crippen LogP contribution in [0.2, 0.25) is 0 Å². The van der Waals surface area contributed by atoms with Crippen LogP contribution in [0.25, 0.3) is 5.76 Å². The van der Waals surface area contributed by atoms with Gasteiger partial charge in [-0.15, -0.1) is 0 Å². The van der Waals surface area contributed by atoms with E-state index in [2.05, 4.69) is 22.9 Å². The highest BCUT2D eigenvalue weighted by Gasteiger charge is 2.45. The Kier molecular flexibility index (Phi) is 8.10. The SMILES string of the molecule is CCCCOc1cccc(C(O)=C2C(=O)C(=O)N(CCN(C)C)C2c2cccc(Br)c2)c1. The molecule has 1 aliphatic heterocycles. The molecule has 0 spiro atoms. The molecule has 0 saturated carbocycles. The molecule has 1 saturated heterocycles. The lowest BCUT2D eigenvalue weighted by atomic mass is 9.95. The monoisotopic (exact) mass is 500 g/mol. The second-order valence-electron chi connectivity index (χ2n) is 8.08. The number of aliphatic hydroxyl groups excluding tert-OH is 1. The van der Waals surface area contributed by atoms with Crippen LogP contribution < -0.4 is 4.74 Å². The van der Waals surface area contributed by atoms with Crippen LogP contribution in [0.4, 0.5) is 0 Å². The average Bonchev–Trinajstić information content (AvgIpc) is 3.02. The Morgan fingerprint density at radius 3 is 2.59 bits per heavy atom. The molecule has 1 fully saturated rings. The van der Waals surface area contributed by atoms with E-state index in [0.717, 1.165) is 22.9 Å². The van der Waals surface area contributed by atoms with Crippen molar-refractivity contribution in [3.05, 3.63) is 69.7 Å². The number of hydrogen-bond donors (Lipinski definition) is 1. The number of likely N-dealkylation sites (tertiary alicyclic amines) is 1. The van der Waals surface area contributed by atoms with Gasteiger partial charge in [0.1, 0.15) is 11.5 Å². The number of hydrogen-bond acceptors (Lipinski definition) is 5. The first-order valence-electron chi connectivity index (χ1n) is 10.7. The fourth-order valence-corrected chi connectivity index (χ4v) is 4.08. The Balaban J connectivity index is 2.06. The van der Waals surface area contributed by atoms with Crippen molar-refractivity contribution in [2.45, 2.75) is 25.8 Å². The summed E-state index contributed by atoms with van der Waals surface area (Å²) in [6.45, 7) is 3.63. The molecule has 32 heavy (non-hydrogen) atoms. The summed E-state index contributed by atoms with van der Waals surface area (Å²) in [5, 5.41) is 11.2. The van der Waals surface area contributed by atoms with Gasteiger partial charge >= 0.3 is 0 Å². The van der Waals surface area contributed by atoms with Crippen molar-refractivity contribution in [3.8, 4) is 5.75 Å². The summed E-state index contributed by atoms with van der Waals surface area (Å²) in [5.74, 6) is -0.859. The molecule has 3 rings (SSSR count). The summed E-state index contributed by atoms with van der Waals surface area (Å²) in [7, 11) is 3.82. The molecule has 0 radical (unpaired) electrons. The van der Waals surface area contributed by atoms with Crippen LogP contribution in [0, 0.1) is 0 Å². The van der Waals surface area contributed by atoms with E-state index in [1.165, 1.54) is 4.90 Å². The molecule has 1 atom stereocenters. The normalized spacial score (nSPS) is 17.9. The summed E-state index contributed by atoms with van der Waals surface area (Å²) < 4.78 is 6.59. The molecular weight excluding hydrogens is 472 g/mol. The molecule has 2 aromatic rings. The molecule has 0 aromatic heterocycles. The number of ether oxygens (including phenoxy) is 1. The summed E-state index contributed by atoms with van der Waals surface area (Å²) in [6, 6.07) is 13.8. The second kappa shape index (κ2) is 10.8. The summed E-state index contributed by atoms with van der Waals surface area (Å²) in [5.41, 5.74) is 1.30. The zero-order valence-electron chi connectivity index (χ0n) is 18.7. The summed E-state index contributed by atoms with van der Waals surface area (Å²) >= 11 is 3.47. The maximum Gasteiger partial charge on any atom is 0.295 e. The smallest absolute Gasteiger partial charge is 0.295 e. The molecule has 0 bridgehead atoms. The van der Waals surface area contributed by atoms with Gasteiger partial charge in [0.15, 0.2) is 0 Å². The molecule has 1 aliphatic rings. The van der Waals surface area contributed by atoms with Gasteiger partial charge in [-0.1, -0.05) is 53.5 Å². The zero-order chi connectivity index (χ0) is 23.3. The van der Waals surface area contributed by atoms with E-state index in [0.29, 0.717) is 31.0 Å². The topological polar surface area (TPSA) is 70.1 Å². The third-order valence-electron chi connectivity index (χ3n) is 5.37. The van der Waals surface area contributed by atoms with Crippen molar-refractivity contribution in [1.29, 1.82) is 0 Å². The molecule has 1 heterocycles. The number of nitrogens with zero attached hydrogens (tertiary/aromatic N) is 2. The van der Waals surface area contributed by atoms with Crippen LogP contribution in [-0.4, -0.2) is 60.4 Å². The van der Waals surface area contributed by atoms with Gasteiger partial charge in [-0.3, -0.25) is 9.59 Å². The van der Waals surface area contributed by atoms with Crippen LogP contribution in [0.5, 0.6) is 5.75 Å². The summed E-state index contributed by atoms with van der Waals surface area (Å²) in [6.07, 6.45) is 1.94. The number of ketones is 1. The largest absolute Gasteiger partial charge is 0.507 e. The van der Waals surface area contributed by atoms with Gasteiger partial charge in [-0.05, 0) is 50.3 Å². The highest BCUT2D eigenvalue weighted by molar-refractivity contribution is 9.10. The van der Waals surface area contributed by atoms with Crippen molar-refractivity contribution in [2.75, 3.05) is 33.8 Å². The van der Waals surface area contributed by atoms with Crippen LogP contribution in [0.15, 0.2) is 58.6 Å². The lowest BCUT2D eigenvalue weighted by Crippen LogP contribution is -2.35. The minimum Gasteiger partial charge on any atom is -0.507 e. The second-order valence-corrected chi connectivity index (χ2v) is 9.00. The highest BCUT2D eigenvalue weighted by atomic mass is 79.9. The van der Waals surface area contributed by atoms with E-state index in [4.69, 9.17) is 4.74 Å². The number of rotatable bonds is 9. The number of halogens is 1. The van der Waals surface area contributed by atoms with Crippen LogP contribution >= 0.6 is 15.9 Å². The van der Waals surface area contributed by atoms with Crippen molar-refractivity contribution >= 4 is 33.4 Å². The lowest BCUT2D eigenvalue weighted by Gasteiger charge is -2.26. The van der Waals surface area contributed by atoms with Gasteiger partial charge in [0, 0.05) is 23.1 Å². The van der Waals surface area contributed by atoms with Gasteiger partial charge < -0.3 is 19.6 Å². The number of carbonyl (C=O) groups is 2. The van der Waals surface area contributed by atoms with Gasteiger partial charge in [-0.25, -0.2) is 0 Å². The fourth-order valence-electron chi connectivity index (χ4n) is 3.66. The van der Waals surface area contributed by atoms with E-state index < -0.39 is 17.7 Å². The number of amides is 1. The van der Waals surface area contributed by atoms with E-state index in [-0.39, 0.29) is 11.3 Å². The first-order valence-corrected chi connectivity index (χ1v) is 11.5. The Morgan fingerprint density at radius 1 is 1.16 bits per heavy atom. The van der Waals surface area contributed by atoms with Gasteiger partial charge in [0.25, 0.3) is 11.7 Å². The van der Waals surface area contributed by atoms with Gasteiger partial charge in [0.05, 0.1) is 18.2 Å². The first kappa shape index (κ1) is 24.0. The van der Waals surface area contributed by atoms with Gasteiger partial charge in [0.2, 0.25) is 0 Å². The number of carbonyl (C=O) groups excluding carboxylic acids is 2. The number of likely N-dealkylation sites (N-methyl/N-ethyl adjacent to an activating group) is 1.